The number of aromatic amines is 1. The number of nitriles is 1. The Morgan fingerprint density at radius 2 is 1.97 bits per heavy atom. The van der Waals surface area contributed by atoms with Gasteiger partial charge >= 0.3 is 6.18 Å². The summed E-state index contributed by atoms with van der Waals surface area (Å²) in [6, 6.07) is 6.06. The monoisotopic (exact) mass is 466 g/mol. The van der Waals surface area contributed by atoms with Gasteiger partial charge in [0.2, 0.25) is 11.9 Å². The number of H-pyrrole nitrogens is 1. The average Bonchev–Trinajstić information content (AvgIpc) is 3.21. The number of hydrogen-bond donors (Lipinski definition) is 3. The molecule has 1 unspecified atom stereocenters. The minimum atomic E-state index is -4.56. The first-order chi connectivity index (χ1) is 16.2. The number of anilines is 2. The number of pyridine rings is 2. The highest BCUT2D eigenvalue weighted by Crippen LogP contribution is 2.35. The van der Waals surface area contributed by atoms with Crippen LogP contribution in [0.25, 0.3) is 22.3 Å². The third-order valence-electron chi connectivity index (χ3n) is 4.96. The second-order valence-corrected chi connectivity index (χ2v) is 7.41. The van der Waals surface area contributed by atoms with Crippen molar-refractivity contribution < 1.29 is 18.0 Å². The molecule has 0 aliphatic carbocycles. The molecular weight excluding hydrogens is 449 g/mol. The summed E-state index contributed by atoms with van der Waals surface area (Å²) in [6.07, 6.45) is 0.518. The van der Waals surface area contributed by atoms with E-state index in [0.29, 0.717) is 11.4 Å². The van der Waals surface area contributed by atoms with Crippen LogP contribution >= 0.6 is 0 Å². The van der Waals surface area contributed by atoms with E-state index in [2.05, 4.69) is 35.6 Å². The molecule has 0 bridgehead atoms. The molecule has 0 spiro atoms. The van der Waals surface area contributed by atoms with Crippen molar-refractivity contribution >= 4 is 28.7 Å². The van der Waals surface area contributed by atoms with E-state index in [1.165, 1.54) is 19.3 Å². The lowest BCUT2D eigenvalue weighted by atomic mass is 10.1. The highest BCUT2D eigenvalue weighted by Gasteiger charge is 2.31. The molecule has 0 aliphatic heterocycles. The molecule has 12 heteroatoms. The Balaban J connectivity index is 1.67. The third-order valence-corrected chi connectivity index (χ3v) is 4.96. The first-order valence-corrected chi connectivity index (χ1v) is 9.97. The molecule has 9 nitrogen and oxygen atoms in total. The quantitative estimate of drug-likeness (QED) is 0.396. The fourth-order valence-electron chi connectivity index (χ4n) is 3.29. The molecule has 4 aromatic rings. The summed E-state index contributed by atoms with van der Waals surface area (Å²) >= 11 is 0. The lowest BCUT2D eigenvalue weighted by Gasteiger charge is -2.15. The standard InChI is InChI=1S/C22H17F3N8O/c1-11(13-3-4-18(27-7-13)32-12(2)34)31-21-30-8-14(6-26)19(33-21)17-10-29-20-16(17)5-15(9-28-20)22(23,24)25/h3-5,7-11H,1-2H3,(H,28,29)(H,27,32,34)(H,30,31,33). The molecule has 0 aromatic carbocycles. The number of alkyl halides is 3. The van der Waals surface area contributed by atoms with Crippen molar-refractivity contribution in [1.82, 2.24) is 24.9 Å². The Kier molecular flexibility index (Phi) is 5.85. The van der Waals surface area contributed by atoms with Gasteiger partial charge in [0.25, 0.3) is 0 Å². The number of fused-ring (bicyclic) bond motifs is 1. The van der Waals surface area contributed by atoms with E-state index in [1.807, 2.05) is 13.0 Å². The van der Waals surface area contributed by atoms with E-state index in [1.54, 1.807) is 18.3 Å². The topological polar surface area (TPSA) is 132 Å². The van der Waals surface area contributed by atoms with Gasteiger partial charge in [-0.15, -0.1) is 0 Å². The van der Waals surface area contributed by atoms with Crippen LogP contribution in [0, 0.1) is 11.3 Å². The van der Waals surface area contributed by atoms with Crippen molar-refractivity contribution in [3.8, 4) is 17.3 Å². The molecule has 4 heterocycles. The van der Waals surface area contributed by atoms with Gasteiger partial charge in [0.05, 0.1) is 29.1 Å². The molecule has 4 rings (SSSR count). The predicted molar refractivity (Wildman–Crippen MR) is 117 cm³/mol. The Morgan fingerprint density at radius 1 is 1.18 bits per heavy atom. The van der Waals surface area contributed by atoms with E-state index >= 15 is 0 Å². The van der Waals surface area contributed by atoms with Gasteiger partial charge in [0.1, 0.15) is 17.5 Å². The van der Waals surface area contributed by atoms with Crippen LogP contribution in [0.2, 0.25) is 0 Å². The Hall–Kier alpha value is -4.53. The van der Waals surface area contributed by atoms with Crippen LogP contribution in [0.5, 0.6) is 0 Å². The van der Waals surface area contributed by atoms with Crippen LogP contribution in [0.3, 0.4) is 0 Å². The molecule has 1 atom stereocenters. The molecule has 0 fully saturated rings. The van der Waals surface area contributed by atoms with Gasteiger partial charge in [-0.1, -0.05) is 6.07 Å². The van der Waals surface area contributed by atoms with Gasteiger partial charge in [-0.3, -0.25) is 4.79 Å². The normalized spacial score (nSPS) is 12.2. The third kappa shape index (κ3) is 4.63. The lowest BCUT2D eigenvalue weighted by Crippen LogP contribution is -2.12. The van der Waals surface area contributed by atoms with E-state index in [9.17, 15) is 23.2 Å². The predicted octanol–water partition coefficient (Wildman–Crippen LogP) is 4.44. The smallest absolute Gasteiger partial charge is 0.348 e. The molecule has 34 heavy (non-hydrogen) atoms. The Bertz CT molecular complexity index is 1410. The Morgan fingerprint density at radius 3 is 2.62 bits per heavy atom. The van der Waals surface area contributed by atoms with Gasteiger partial charge in [-0.25, -0.2) is 19.9 Å². The summed E-state index contributed by atoms with van der Waals surface area (Å²) in [6.45, 7) is 3.22. The van der Waals surface area contributed by atoms with Crippen molar-refractivity contribution in [3.63, 3.8) is 0 Å². The van der Waals surface area contributed by atoms with Gasteiger partial charge in [-0.2, -0.15) is 18.4 Å². The summed E-state index contributed by atoms with van der Waals surface area (Å²) in [5.74, 6) is 0.341. The second-order valence-electron chi connectivity index (χ2n) is 7.41. The first-order valence-electron chi connectivity index (χ1n) is 9.97. The summed E-state index contributed by atoms with van der Waals surface area (Å²) in [5.41, 5.74) is 0.658. The number of nitrogens with one attached hydrogen (secondary N) is 3. The molecule has 172 valence electrons. The number of aromatic nitrogens is 5. The number of carbonyl (C=O) groups excluding carboxylic acids is 1. The number of amides is 1. The maximum atomic E-state index is 13.2. The van der Waals surface area contributed by atoms with Gasteiger partial charge in [-0.05, 0) is 24.6 Å². The SMILES string of the molecule is CC(=O)Nc1ccc(C(C)Nc2ncc(C#N)c(-c3c[nH]c4ncc(C(F)(F)F)cc34)n2)cn1. The summed E-state index contributed by atoms with van der Waals surface area (Å²) < 4.78 is 39.6. The van der Waals surface area contributed by atoms with Crippen LogP contribution in [-0.4, -0.2) is 30.8 Å². The summed E-state index contributed by atoms with van der Waals surface area (Å²) in [4.78, 5) is 30.5. The molecule has 4 aromatic heterocycles. The molecular formula is C22H17F3N8O. The van der Waals surface area contributed by atoms with Crippen molar-refractivity contribution in [1.29, 1.82) is 5.26 Å². The number of rotatable bonds is 5. The van der Waals surface area contributed by atoms with Crippen molar-refractivity contribution in [2.45, 2.75) is 26.1 Å². The van der Waals surface area contributed by atoms with Crippen molar-refractivity contribution in [2.24, 2.45) is 0 Å². The first kappa shape index (κ1) is 22.7. The molecule has 0 aliphatic rings. The fraction of sp³-hybridized carbons (Fsp3) is 0.182. The maximum absolute atomic E-state index is 13.2. The minimum absolute atomic E-state index is 0.0952. The highest BCUT2D eigenvalue weighted by atomic mass is 19.4. The average molecular weight is 466 g/mol. The Labute approximate surface area is 191 Å². The van der Waals surface area contributed by atoms with E-state index in [0.717, 1.165) is 17.8 Å². The van der Waals surface area contributed by atoms with Crippen LogP contribution < -0.4 is 10.6 Å². The van der Waals surface area contributed by atoms with E-state index < -0.39 is 11.7 Å². The number of nitrogens with zero attached hydrogens (tertiary/aromatic N) is 5. The van der Waals surface area contributed by atoms with Crippen molar-refractivity contribution in [2.75, 3.05) is 10.6 Å². The molecule has 1 amide bonds. The van der Waals surface area contributed by atoms with Crippen molar-refractivity contribution in [3.05, 3.63) is 59.7 Å². The zero-order valence-corrected chi connectivity index (χ0v) is 17.9. The van der Waals surface area contributed by atoms with E-state index in [4.69, 9.17) is 0 Å². The second kappa shape index (κ2) is 8.78. The highest BCUT2D eigenvalue weighted by molar-refractivity contribution is 5.94. The zero-order valence-electron chi connectivity index (χ0n) is 17.9. The largest absolute Gasteiger partial charge is 0.417 e. The minimum Gasteiger partial charge on any atom is -0.348 e. The number of hydrogen-bond acceptors (Lipinski definition) is 7. The molecule has 0 saturated heterocycles. The summed E-state index contributed by atoms with van der Waals surface area (Å²) in [5, 5.41) is 15.4. The fourth-order valence-corrected chi connectivity index (χ4v) is 3.29. The molecule has 3 N–H and O–H groups in total. The molecule has 0 radical (unpaired) electrons. The van der Waals surface area contributed by atoms with Crippen LogP contribution in [0.1, 0.15) is 36.6 Å². The number of carbonyl (C=O) groups is 1. The van der Waals surface area contributed by atoms with E-state index in [-0.39, 0.29) is 40.2 Å². The molecule has 0 saturated carbocycles. The zero-order chi connectivity index (χ0) is 24.5. The maximum Gasteiger partial charge on any atom is 0.417 e. The van der Waals surface area contributed by atoms with Gasteiger partial charge < -0.3 is 15.6 Å². The lowest BCUT2D eigenvalue weighted by molar-refractivity contribution is -0.137. The van der Waals surface area contributed by atoms with Gasteiger partial charge in [0.15, 0.2) is 0 Å². The summed E-state index contributed by atoms with van der Waals surface area (Å²) in [7, 11) is 0. The number of halogens is 3. The van der Waals surface area contributed by atoms with Gasteiger partial charge in [0, 0.05) is 36.5 Å². The van der Waals surface area contributed by atoms with Crippen LogP contribution in [-0.2, 0) is 11.0 Å². The van der Waals surface area contributed by atoms with Crippen LogP contribution in [0.4, 0.5) is 24.9 Å². The van der Waals surface area contributed by atoms with Crippen LogP contribution in [0.15, 0.2) is 43.0 Å².